The fourth-order valence-electron chi connectivity index (χ4n) is 3.10. The van der Waals surface area contributed by atoms with Crippen LogP contribution >= 0.6 is 0 Å². The van der Waals surface area contributed by atoms with Crippen LogP contribution in [0, 0.1) is 6.92 Å². The van der Waals surface area contributed by atoms with Crippen LogP contribution in [0.25, 0.3) is 11.1 Å². The minimum Gasteiger partial charge on any atom is -0.340 e. The van der Waals surface area contributed by atoms with Gasteiger partial charge >= 0.3 is 0 Å². The topological polar surface area (TPSA) is 46.1 Å². The van der Waals surface area contributed by atoms with E-state index >= 15 is 0 Å². The smallest absolute Gasteiger partial charge is 0.227 e. The lowest BCUT2D eigenvalue weighted by molar-refractivity contribution is -0.133. The molecule has 4 nitrogen and oxygen atoms in total. The summed E-state index contributed by atoms with van der Waals surface area (Å²) in [6, 6.07) is 8.51. The highest BCUT2D eigenvalue weighted by atomic mass is 16.2. The molecule has 120 valence electrons. The van der Waals surface area contributed by atoms with Gasteiger partial charge in [0.2, 0.25) is 5.91 Å². The Labute approximate surface area is 137 Å². The maximum absolute atomic E-state index is 12.5. The van der Waals surface area contributed by atoms with Crippen molar-refractivity contribution in [3.05, 3.63) is 48.0 Å². The summed E-state index contributed by atoms with van der Waals surface area (Å²) in [5.74, 6) is 1.01. The molecule has 0 aliphatic carbocycles. The number of benzene rings is 1. The Morgan fingerprint density at radius 3 is 2.48 bits per heavy atom. The molecule has 4 heteroatoms. The van der Waals surface area contributed by atoms with Gasteiger partial charge in [-0.1, -0.05) is 24.3 Å². The van der Waals surface area contributed by atoms with E-state index < -0.39 is 0 Å². The first-order chi connectivity index (χ1) is 11.1. The first kappa shape index (κ1) is 15.7. The van der Waals surface area contributed by atoms with Gasteiger partial charge in [0.05, 0.1) is 6.42 Å². The highest BCUT2D eigenvalue weighted by Gasteiger charge is 2.22. The van der Waals surface area contributed by atoms with Crippen molar-refractivity contribution >= 4 is 5.91 Å². The van der Waals surface area contributed by atoms with E-state index in [0.29, 0.717) is 12.5 Å². The number of nitrogens with zero attached hydrogens (tertiary/aromatic N) is 3. The summed E-state index contributed by atoms with van der Waals surface area (Å²) < 4.78 is 0. The number of carbonyl (C=O) groups excluding carboxylic acids is 1. The molecule has 1 fully saturated rings. The van der Waals surface area contributed by atoms with Gasteiger partial charge in [0, 0.05) is 30.5 Å². The molecule has 2 heterocycles. The molecule has 1 saturated heterocycles. The van der Waals surface area contributed by atoms with E-state index in [4.69, 9.17) is 0 Å². The molecule has 0 radical (unpaired) electrons. The molecule has 1 aromatic carbocycles. The summed E-state index contributed by atoms with van der Waals surface area (Å²) in [5, 5.41) is 0. The maximum atomic E-state index is 12.5. The number of aromatic nitrogens is 2. The number of hydrogen-bond acceptors (Lipinski definition) is 3. The molecule has 1 aliphatic heterocycles. The Bertz CT molecular complexity index is 664. The molecule has 0 spiro atoms. The number of amides is 1. The highest BCUT2D eigenvalue weighted by molar-refractivity contribution is 5.79. The van der Waals surface area contributed by atoms with Crippen molar-refractivity contribution in [1.82, 2.24) is 14.9 Å². The third-order valence-electron chi connectivity index (χ3n) is 4.55. The average Bonchev–Trinajstić information content (AvgIpc) is 2.57. The van der Waals surface area contributed by atoms with Crippen molar-refractivity contribution in [2.75, 3.05) is 6.54 Å². The zero-order valence-corrected chi connectivity index (χ0v) is 13.8. The molecule has 1 aromatic heterocycles. The monoisotopic (exact) mass is 309 g/mol. The Balaban J connectivity index is 1.67. The van der Waals surface area contributed by atoms with E-state index in [2.05, 4.69) is 16.9 Å². The molecule has 1 amide bonds. The standard InChI is InChI=1S/C19H23N3O/c1-14-5-3-4-10-22(14)19(23)11-16-6-8-17(9-7-16)18-12-20-15(2)21-13-18/h6-9,12-14H,3-5,10-11H2,1-2H3/t14-/m0/s1. The molecule has 23 heavy (non-hydrogen) atoms. The van der Waals surface area contributed by atoms with Gasteiger partial charge in [-0.2, -0.15) is 0 Å². The van der Waals surface area contributed by atoms with Crippen LogP contribution in [0.3, 0.4) is 0 Å². The van der Waals surface area contributed by atoms with Crippen LogP contribution < -0.4 is 0 Å². The van der Waals surface area contributed by atoms with Crippen molar-refractivity contribution in [2.24, 2.45) is 0 Å². The minimum atomic E-state index is 0.239. The first-order valence-corrected chi connectivity index (χ1v) is 8.31. The van der Waals surface area contributed by atoms with Gasteiger partial charge in [-0.05, 0) is 44.2 Å². The number of likely N-dealkylation sites (tertiary alicyclic amines) is 1. The van der Waals surface area contributed by atoms with E-state index in [1.807, 2.05) is 48.5 Å². The number of aryl methyl sites for hydroxylation is 1. The number of hydrogen-bond donors (Lipinski definition) is 0. The zero-order chi connectivity index (χ0) is 16.2. The molecule has 1 atom stereocenters. The largest absolute Gasteiger partial charge is 0.340 e. The molecular formula is C19H23N3O. The quantitative estimate of drug-likeness (QED) is 0.873. The van der Waals surface area contributed by atoms with Gasteiger partial charge in [0.25, 0.3) is 0 Å². The van der Waals surface area contributed by atoms with Crippen molar-refractivity contribution in [1.29, 1.82) is 0 Å². The van der Waals surface area contributed by atoms with Crippen LogP contribution in [0.2, 0.25) is 0 Å². The molecule has 0 N–H and O–H groups in total. The lowest BCUT2D eigenvalue weighted by Gasteiger charge is -2.33. The lowest BCUT2D eigenvalue weighted by Crippen LogP contribution is -2.42. The average molecular weight is 309 g/mol. The second-order valence-corrected chi connectivity index (χ2v) is 6.32. The van der Waals surface area contributed by atoms with Crippen LogP contribution in [0.4, 0.5) is 0 Å². The highest BCUT2D eigenvalue weighted by Crippen LogP contribution is 2.20. The van der Waals surface area contributed by atoms with E-state index in [1.165, 1.54) is 6.42 Å². The predicted molar refractivity (Wildman–Crippen MR) is 90.9 cm³/mol. The summed E-state index contributed by atoms with van der Waals surface area (Å²) >= 11 is 0. The number of carbonyl (C=O) groups is 1. The van der Waals surface area contributed by atoms with Crippen LogP contribution in [-0.4, -0.2) is 33.4 Å². The van der Waals surface area contributed by atoms with Gasteiger partial charge in [-0.25, -0.2) is 9.97 Å². The van der Waals surface area contributed by atoms with E-state index in [-0.39, 0.29) is 5.91 Å². The van der Waals surface area contributed by atoms with Crippen LogP contribution in [-0.2, 0) is 11.2 Å². The van der Waals surface area contributed by atoms with Gasteiger partial charge in [0.15, 0.2) is 0 Å². The van der Waals surface area contributed by atoms with Crippen molar-refractivity contribution in [2.45, 2.75) is 45.6 Å². The van der Waals surface area contributed by atoms with Crippen LogP contribution in [0.15, 0.2) is 36.7 Å². The SMILES string of the molecule is Cc1ncc(-c2ccc(CC(=O)N3CCCC[C@@H]3C)cc2)cn1. The maximum Gasteiger partial charge on any atom is 0.227 e. The Hall–Kier alpha value is -2.23. The van der Waals surface area contributed by atoms with Gasteiger partial charge in [-0.3, -0.25) is 4.79 Å². The summed E-state index contributed by atoms with van der Waals surface area (Å²) in [5.41, 5.74) is 3.13. The summed E-state index contributed by atoms with van der Waals surface area (Å²) in [6.45, 7) is 4.93. The molecule has 2 aromatic rings. The molecule has 3 rings (SSSR count). The second-order valence-electron chi connectivity index (χ2n) is 6.32. The Kier molecular flexibility index (Phi) is 4.70. The Morgan fingerprint density at radius 2 is 1.83 bits per heavy atom. The zero-order valence-electron chi connectivity index (χ0n) is 13.8. The fourth-order valence-corrected chi connectivity index (χ4v) is 3.10. The van der Waals surface area contributed by atoms with E-state index in [1.54, 1.807) is 0 Å². The molecule has 0 unspecified atom stereocenters. The summed E-state index contributed by atoms with van der Waals surface area (Å²) in [7, 11) is 0. The second kappa shape index (κ2) is 6.90. The third-order valence-corrected chi connectivity index (χ3v) is 4.55. The first-order valence-electron chi connectivity index (χ1n) is 8.31. The minimum absolute atomic E-state index is 0.239. The van der Waals surface area contributed by atoms with Crippen molar-refractivity contribution < 1.29 is 4.79 Å². The lowest BCUT2D eigenvalue weighted by atomic mass is 10.0. The van der Waals surface area contributed by atoms with Gasteiger partial charge in [-0.15, -0.1) is 0 Å². The number of rotatable bonds is 3. The molecule has 1 aliphatic rings. The van der Waals surface area contributed by atoms with Gasteiger partial charge in [0.1, 0.15) is 5.82 Å². The summed E-state index contributed by atoms with van der Waals surface area (Å²) in [6.07, 6.45) is 7.63. The molecular weight excluding hydrogens is 286 g/mol. The van der Waals surface area contributed by atoms with Crippen LogP contribution in [0.1, 0.15) is 37.6 Å². The normalized spacial score (nSPS) is 18.0. The van der Waals surface area contributed by atoms with Crippen molar-refractivity contribution in [3.8, 4) is 11.1 Å². The van der Waals surface area contributed by atoms with Crippen LogP contribution in [0.5, 0.6) is 0 Å². The van der Waals surface area contributed by atoms with E-state index in [0.717, 1.165) is 41.9 Å². The van der Waals surface area contributed by atoms with Crippen molar-refractivity contribution in [3.63, 3.8) is 0 Å². The third kappa shape index (κ3) is 3.76. The van der Waals surface area contributed by atoms with E-state index in [9.17, 15) is 4.79 Å². The molecule has 0 bridgehead atoms. The molecule has 0 saturated carbocycles. The fraction of sp³-hybridized carbons (Fsp3) is 0.421. The predicted octanol–water partition coefficient (Wildman–Crippen LogP) is 3.40. The summed E-state index contributed by atoms with van der Waals surface area (Å²) in [4.78, 5) is 23.0. The number of piperidine rings is 1. The van der Waals surface area contributed by atoms with Gasteiger partial charge < -0.3 is 4.90 Å². The Morgan fingerprint density at radius 1 is 1.13 bits per heavy atom.